The molecule has 172 valence electrons. The molecule has 7 nitrogen and oxygen atoms in total. The van der Waals surface area contributed by atoms with Crippen molar-refractivity contribution in [3.05, 3.63) is 16.1 Å². The van der Waals surface area contributed by atoms with Crippen molar-refractivity contribution in [1.82, 2.24) is 20.5 Å². The number of rotatable bonds is 10. The zero-order valence-electron chi connectivity index (χ0n) is 18.4. The number of guanidine groups is 1. The zero-order valence-corrected chi connectivity index (χ0v) is 21.5. The molecule has 1 aromatic rings. The van der Waals surface area contributed by atoms with Crippen LogP contribution >= 0.6 is 35.3 Å². The molecule has 2 aliphatic heterocycles. The highest BCUT2D eigenvalue weighted by Gasteiger charge is 2.20. The SMILES string of the molecule is CN=C(NCCCOCC1CCOC1)NCC1CCN(Cc2csc(C)n2)CC1.I. The van der Waals surface area contributed by atoms with E-state index in [1.165, 1.54) is 18.5 Å². The van der Waals surface area contributed by atoms with E-state index in [1.807, 2.05) is 7.05 Å². The second-order valence-electron chi connectivity index (χ2n) is 8.12. The molecule has 3 rings (SSSR count). The molecule has 0 saturated carbocycles. The first-order valence-corrected chi connectivity index (χ1v) is 11.8. The molecule has 9 heteroatoms. The average Bonchev–Trinajstić information content (AvgIpc) is 3.39. The molecule has 2 saturated heterocycles. The predicted molar refractivity (Wildman–Crippen MR) is 134 cm³/mol. The van der Waals surface area contributed by atoms with Crippen LogP contribution in [0.25, 0.3) is 0 Å². The standard InChI is InChI=1S/C21H37N5O2S.HI/c1-17-25-20(16-29-17)13-26-8-4-18(5-9-26)12-24-21(22-2)23-7-3-10-27-14-19-6-11-28-15-19;/h16,18-19H,3-15H2,1-2H3,(H2,22,23,24);1H. The van der Waals surface area contributed by atoms with Crippen LogP contribution in [-0.2, 0) is 16.0 Å². The Labute approximate surface area is 202 Å². The number of aromatic nitrogens is 1. The Morgan fingerprint density at radius 3 is 2.80 bits per heavy atom. The smallest absolute Gasteiger partial charge is 0.190 e. The molecular formula is C21H38IN5O2S. The molecule has 0 spiro atoms. The maximum Gasteiger partial charge on any atom is 0.190 e. The van der Waals surface area contributed by atoms with Crippen molar-refractivity contribution >= 4 is 41.3 Å². The second-order valence-corrected chi connectivity index (χ2v) is 9.18. The van der Waals surface area contributed by atoms with E-state index in [2.05, 4.69) is 37.8 Å². The summed E-state index contributed by atoms with van der Waals surface area (Å²) in [5.74, 6) is 2.20. The van der Waals surface area contributed by atoms with Gasteiger partial charge in [-0.2, -0.15) is 0 Å². The van der Waals surface area contributed by atoms with Crippen LogP contribution in [0.1, 0.15) is 36.4 Å². The van der Waals surface area contributed by atoms with E-state index in [4.69, 9.17) is 9.47 Å². The molecule has 2 aliphatic rings. The monoisotopic (exact) mass is 551 g/mol. The number of piperidine rings is 1. The first-order valence-electron chi connectivity index (χ1n) is 11.0. The minimum absolute atomic E-state index is 0. The third-order valence-corrected chi connectivity index (χ3v) is 6.50. The van der Waals surface area contributed by atoms with E-state index < -0.39 is 0 Å². The molecule has 1 unspecified atom stereocenters. The molecule has 0 aliphatic carbocycles. The van der Waals surface area contributed by atoms with Gasteiger partial charge in [0.25, 0.3) is 0 Å². The Kier molecular flexibility index (Phi) is 12.5. The normalized spacial score (nSPS) is 20.9. The highest BCUT2D eigenvalue weighted by molar-refractivity contribution is 14.0. The van der Waals surface area contributed by atoms with Crippen LogP contribution < -0.4 is 10.6 Å². The number of hydrogen-bond donors (Lipinski definition) is 2. The van der Waals surface area contributed by atoms with Crippen LogP contribution in [0, 0.1) is 18.8 Å². The van der Waals surface area contributed by atoms with Crippen LogP contribution in [-0.4, -0.2) is 75.5 Å². The van der Waals surface area contributed by atoms with E-state index in [0.717, 1.165) is 83.0 Å². The average molecular weight is 552 g/mol. The van der Waals surface area contributed by atoms with Crippen molar-refractivity contribution in [2.24, 2.45) is 16.8 Å². The molecular weight excluding hydrogens is 513 g/mol. The van der Waals surface area contributed by atoms with E-state index in [-0.39, 0.29) is 24.0 Å². The number of halogens is 1. The maximum absolute atomic E-state index is 5.75. The van der Waals surface area contributed by atoms with E-state index >= 15 is 0 Å². The van der Waals surface area contributed by atoms with Crippen LogP contribution in [0.3, 0.4) is 0 Å². The molecule has 2 fully saturated rings. The zero-order chi connectivity index (χ0) is 20.3. The van der Waals surface area contributed by atoms with Gasteiger partial charge >= 0.3 is 0 Å². The lowest BCUT2D eigenvalue weighted by Crippen LogP contribution is -2.43. The molecule has 30 heavy (non-hydrogen) atoms. The Balaban J connectivity index is 0.00000320. The van der Waals surface area contributed by atoms with Crippen molar-refractivity contribution < 1.29 is 9.47 Å². The molecule has 2 N–H and O–H groups in total. The number of nitrogens with zero attached hydrogens (tertiary/aromatic N) is 3. The van der Waals surface area contributed by atoms with Crippen molar-refractivity contribution in [3.63, 3.8) is 0 Å². The summed E-state index contributed by atoms with van der Waals surface area (Å²) in [6, 6.07) is 0. The van der Waals surface area contributed by atoms with E-state index in [0.29, 0.717) is 11.8 Å². The second kappa shape index (κ2) is 14.5. The van der Waals surface area contributed by atoms with Crippen molar-refractivity contribution in [1.29, 1.82) is 0 Å². The highest BCUT2D eigenvalue weighted by atomic mass is 127. The van der Waals surface area contributed by atoms with E-state index in [1.54, 1.807) is 11.3 Å². The molecule has 1 aromatic heterocycles. The quantitative estimate of drug-likeness (QED) is 0.202. The topological polar surface area (TPSA) is 71.0 Å². The van der Waals surface area contributed by atoms with Gasteiger partial charge in [0.05, 0.1) is 23.9 Å². The van der Waals surface area contributed by atoms with Gasteiger partial charge in [0.1, 0.15) is 0 Å². The number of thiazole rings is 1. The first-order chi connectivity index (χ1) is 14.2. The molecule has 3 heterocycles. The van der Waals surface area contributed by atoms with E-state index in [9.17, 15) is 0 Å². The molecule has 0 radical (unpaired) electrons. The minimum Gasteiger partial charge on any atom is -0.381 e. The molecule has 0 amide bonds. The summed E-state index contributed by atoms with van der Waals surface area (Å²) in [6.07, 6.45) is 4.58. The van der Waals surface area contributed by atoms with Crippen LogP contribution in [0.4, 0.5) is 0 Å². The van der Waals surface area contributed by atoms with Gasteiger partial charge in [-0.15, -0.1) is 35.3 Å². The van der Waals surface area contributed by atoms with Crippen molar-refractivity contribution in [2.75, 3.05) is 59.7 Å². The van der Waals surface area contributed by atoms with Gasteiger partial charge < -0.3 is 20.1 Å². The number of likely N-dealkylation sites (tertiary alicyclic amines) is 1. The van der Waals surface area contributed by atoms with Gasteiger partial charge in [0.15, 0.2) is 5.96 Å². The fourth-order valence-corrected chi connectivity index (χ4v) is 4.47. The number of ether oxygens (including phenoxy) is 2. The molecule has 1 atom stereocenters. The van der Waals surface area contributed by atoms with Gasteiger partial charge in [0.2, 0.25) is 0 Å². The van der Waals surface area contributed by atoms with Gasteiger partial charge in [-0.3, -0.25) is 9.89 Å². The summed E-state index contributed by atoms with van der Waals surface area (Å²) in [4.78, 5) is 11.5. The van der Waals surface area contributed by atoms with Crippen LogP contribution in [0.5, 0.6) is 0 Å². The maximum atomic E-state index is 5.75. The fraction of sp³-hybridized carbons (Fsp3) is 0.810. The third kappa shape index (κ3) is 9.33. The lowest BCUT2D eigenvalue weighted by Gasteiger charge is -2.31. The van der Waals surface area contributed by atoms with Gasteiger partial charge in [-0.1, -0.05) is 0 Å². The Hall–Kier alpha value is -0.490. The van der Waals surface area contributed by atoms with Gasteiger partial charge in [0, 0.05) is 51.2 Å². The predicted octanol–water partition coefficient (Wildman–Crippen LogP) is 2.89. The van der Waals surface area contributed by atoms with Crippen molar-refractivity contribution in [2.45, 2.75) is 39.2 Å². The summed E-state index contributed by atoms with van der Waals surface area (Å²) in [6.45, 7) is 10.6. The summed E-state index contributed by atoms with van der Waals surface area (Å²) in [5, 5.41) is 10.2. The lowest BCUT2D eigenvalue weighted by atomic mass is 9.97. The summed E-state index contributed by atoms with van der Waals surface area (Å²) < 4.78 is 11.1. The lowest BCUT2D eigenvalue weighted by molar-refractivity contribution is 0.0888. The molecule has 0 aromatic carbocycles. The minimum atomic E-state index is 0. The number of hydrogen-bond acceptors (Lipinski definition) is 6. The fourth-order valence-electron chi connectivity index (χ4n) is 3.87. The van der Waals surface area contributed by atoms with Crippen molar-refractivity contribution in [3.8, 4) is 0 Å². The Morgan fingerprint density at radius 1 is 1.30 bits per heavy atom. The largest absolute Gasteiger partial charge is 0.381 e. The van der Waals surface area contributed by atoms with Crippen LogP contribution in [0.2, 0.25) is 0 Å². The first kappa shape index (κ1) is 25.8. The summed E-state index contributed by atoms with van der Waals surface area (Å²) in [7, 11) is 1.84. The van der Waals surface area contributed by atoms with Crippen LogP contribution in [0.15, 0.2) is 10.4 Å². The molecule has 0 bridgehead atoms. The Morgan fingerprint density at radius 2 is 2.13 bits per heavy atom. The van der Waals surface area contributed by atoms with Gasteiger partial charge in [-0.05, 0) is 51.6 Å². The summed E-state index contributed by atoms with van der Waals surface area (Å²) in [5.41, 5.74) is 1.22. The summed E-state index contributed by atoms with van der Waals surface area (Å²) >= 11 is 1.74. The number of aliphatic imine (C=N–C) groups is 1. The number of aryl methyl sites for hydroxylation is 1. The number of nitrogens with one attached hydrogen (secondary N) is 2. The third-order valence-electron chi connectivity index (χ3n) is 5.68. The Bertz CT molecular complexity index is 616. The highest BCUT2D eigenvalue weighted by Crippen LogP contribution is 2.19. The van der Waals surface area contributed by atoms with Gasteiger partial charge in [-0.25, -0.2) is 4.98 Å².